The first kappa shape index (κ1) is 16.3. The molecule has 0 unspecified atom stereocenters. The van der Waals surface area contributed by atoms with E-state index in [1.54, 1.807) is 0 Å². The predicted octanol–water partition coefficient (Wildman–Crippen LogP) is 3.37. The average Bonchev–Trinajstić information content (AvgIpc) is 2.43. The van der Waals surface area contributed by atoms with E-state index in [0.29, 0.717) is 18.2 Å². The van der Waals surface area contributed by atoms with Crippen LogP contribution in [0.5, 0.6) is 0 Å². The van der Waals surface area contributed by atoms with Crippen molar-refractivity contribution >= 4 is 17.3 Å². The number of benzene rings is 1. The highest BCUT2D eigenvalue weighted by atomic mass is 19.1. The van der Waals surface area contributed by atoms with Crippen LogP contribution in [0, 0.1) is 11.7 Å². The van der Waals surface area contributed by atoms with Crippen molar-refractivity contribution in [3.05, 3.63) is 23.5 Å². The molecule has 0 atom stereocenters. The van der Waals surface area contributed by atoms with Crippen LogP contribution in [-0.2, 0) is 0 Å². The lowest BCUT2D eigenvalue weighted by atomic mass is 10.0. The van der Waals surface area contributed by atoms with Crippen LogP contribution in [0.1, 0.15) is 44.0 Å². The number of aromatic carboxylic acids is 1. The highest BCUT2D eigenvalue weighted by Crippen LogP contribution is 2.29. The molecule has 1 aromatic rings. The molecule has 0 aromatic heterocycles. The fourth-order valence-electron chi connectivity index (χ4n) is 2.33. The van der Waals surface area contributed by atoms with Gasteiger partial charge < -0.3 is 15.7 Å². The maximum atomic E-state index is 13.5. The molecule has 0 saturated heterocycles. The summed E-state index contributed by atoms with van der Waals surface area (Å²) in [5, 5.41) is 9.29. The monoisotopic (exact) mass is 282 g/mol. The second-order valence-corrected chi connectivity index (χ2v) is 4.88. The molecule has 3 N–H and O–H groups in total. The van der Waals surface area contributed by atoms with E-state index >= 15 is 0 Å². The summed E-state index contributed by atoms with van der Waals surface area (Å²) in [5.41, 5.74) is 5.65. The Morgan fingerprint density at radius 3 is 2.40 bits per heavy atom. The van der Waals surface area contributed by atoms with Crippen molar-refractivity contribution in [1.82, 2.24) is 0 Å². The number of halogens is 1. The Balaban J connectivity index is 3.21. The zero-order valence-electron chi connectivity index (χ0n) is 12.3. The van der Waals surface area contributed by atoms with Gasteiger partial charge >= 0.3 is 5.97 Å². The number of carboxylic acids is 1. The first-order valence-corrected chi connectivity index (χ1v) is 7.02. The van der Waals surface area contributed by atoms with E-state index in [2.05, 4.69) is 13.8 Å². The summed E-state index contributed by atoms with van der Waals surface area (Å²) in [6, 6.07) is 2.73. The average molecular weight is 282 g/mol. The molecule has 1 rings (SSSR count). The summed E-state index contributed by atoms with van der Waals surface area (Å²) >= 11 is 0. The summed E-state index contributed by atoms with van der Waals surface area (Å²) in [4.78, 5) is 13.3. The molecule has 0 heterocycles. The number of hydrogen-bond donors (Lipinski definition) is 2. The van der Waals surface area contributed by atoms with E-state index in [4.69, 9.17) is 5.73 Å². The third-order valence-electron chi connectivity index (χ3n) is 3.74. The zero-order chi connectivity index (χ0) is 15.3. The minimum atomic E-state index is -1.19. The van der Waals surface area contributed by atoms with E-state index < -0.39 is 11.8 Å². The number of nitrogen functional groups attached to an aromatic ring is 1. The van der Waals surface area contributed by atoms with Crippen LogP contribution >= 0.6 is 0 Å². The van der Waals surface area contributed by atoms with Gasteiger partial charge in [0.25, 0.3) is 0 Å². The van der Waals surface area contributed by atoms with E-state index in [1.807, 2.05) is 11.8 Å². The van der Waals surface area contributed by atoms with Crippen molar-refractivity contribution in [2.45, 2.75) is 33.6 Å². The molecule has 0 radical (unpaired) electrons. The molecule has 0 aliphatic heterocycles. The van der Waals surface area contributed by atoms with Crippen molar-refractivity contribution in [2.75, 3.05) is 23.7 Å². The molecule has 0 bridgehead atoms. The van der Waals surface area contributed by atoms with Crippen molar-refractivity contribution in [3.63, 3.8) is 0 Å². The standard InChI is InChI=1S/C15H23FN2O2/c1-4-10(5-2)9-18(6-3)12-8-7-11(16)14(17)13(12)15(19)20/h7-8,10H,4-6,9,17H2,1-3H3,(H,19,20). The Hall–Kier alpha value is -1.78. The Labute approximate surface area is 119 Å². The predicted molar refractivity (Wildman–Crippen MR) is 79.7 cm³/mol. The fraction of sp³-hybridized carbons (Fsp3) is 0.533. The Kier molecular flexibility index (Phi) is 5.80. The maximum Gasteiger partial charge on any atom is 0.340 e. The highest BCUT2D eigenvalue weighted by Gasteiger charge is 2.22. The lowest BCUT2D eigenvalue weighted by molar-refractivity contribution is 0.0698. The number of nitrogens with zero attached hydrogens (tertiary/aromatic N) is 1. The molecule has 0 saturated carbocycles. The molecule has 4 nitrogen and oxygen atoms in total. The number of carbonyl (C=O) groups is 1. The Bertz CT molecular complexity index is 473. The van der Waals surface area contributed by atoms with Crippen molar-refractivity contribution in [3.8, 4) is 0 Å². The summed E-state index contributed by atoms with van der Waals surface area (Å²) in [6.45, 7) is 7.57. The number of rotatable bonds is 7. The minimum Gasteiger partial charge on any atom is -0.478 e. The van der Waals surface area contributed by atoms with Crippen LogP contribution in [0.3, 0.4) is 0 Å². The first-order chi connectivity index (χ1) is 9.46. The first-order valence-electron chi connectivity index (χ1n) is 7.02. The van der Waals surface area contributed by atoms with Crippen LogP contribution in [0.2, 0.25) is 0 Å². The number of carboxylic acid groups (broad SMARTS) is 1. The SMILES string of the molecule is CCC(CC)CN(CC)c1ccc(F)c(N)c1C(=O)O. The van der Waals surface area contributed by atoms with Gasteiger partial charge in [-0.1, -0.05) is 26.7 Å². The van der Waals surface area contributed by atoms with Crippen molar-refractivity contribution in [2.24, 2.45) is 5.92 Å². The van der Waals surface area contributed by atoms with Crippen LogP contribution < -0.4 is 10.6 Å². The van der Waals surface area contributed by atoms with Gasteiger partial charge in [-0.05, 0) is 25.0 Å². The van der Waals surface area contributed by atoms with Gasteiger partial charge in [-0.15, -0.1) is 0 Å². The van der Waals surface area contributed by atoms with Gasteiger partial charge in [0.2, 0.25) is 0 Å². The van der Waals surface area contributed by atoms with Crippen molar-refractivity contribution in [1.29, 1.82) is 0 Å². The second kappa shape index (κ2) is 7.12. The van der Waals surface area contributed by atoms with E-state index in [0.717, 1.165) is 19.4 Å². The normalized spacial score (nSPS) is 10.8. The number of hydrogen-bond acceptors (Lipinski definition) is 3. The topological polar surface area (TPSA) is 66.6 Å². The van der Waals surface area contributed by atoms with Crippen LogP contribution in [0.15, 0.2) is 12.1 Å². The third kappa shape index (κ3) is 3.40. The smallest absolute Gasteiger partial charge is 0.340 e. The molecule has 0 fully saturated rings. The van der Waals surface area contributed by atoms with Crippen LogP contribution in [-0.4, -0.2) is 24.2 Å². The summed E-state index contributed by atoms with van der Waals surface area (Å²) < 4.78 is 13.5. The minimum absolute atomic E-state index is 0.141. The molecule has 0 aliphatic rings. The molecule has 0 spiro atoms. The van der Waals surface area contributed by atoms with Crippen molar-refractivity contribution < 1.29 is 14.3 Å². The largest absolute Gasteiger partial charge is 0.478 e. The molecule has 1 aromatic carbocycles. The Morgan fingerprint density at radius 2 is 1.95 bits per heavy atom. The van der Waals surface area contributed by atoms with Gasteiger partial charge in [-0.3, -0.25) is 0 Å². The molecule has 5 heteroatoms. The summed E-state index contributed by atoms with van der Waals surface area (Å²) in [7, 11) is 0. The Morgan fingerprint density at radius 1 is 1.35 bits per heavy atom. The summed E-state index contributed by atoms with van der Waals surface area (Å²) in [5.74, 6) is -1.41. The molecule has 0 amide bonds. The summed E-state index contributed by atoms with van der Waals surface area (Å²) in [6.07, 6.45) is 2.04. The second-order valence-electron chi connectivity index (χ2n) is 4.88. The van der Waals surface area contributed by atoms with Crippen LogP contribution in [0.25, 0.3) is 0 Å². The van der Waals surface area contributed by atoms with E-state index in [1.165, 1.54) is 12.1 Å². The van der Waals surface area contributed by atoms with Gasteiger partial charge in [0.1, 0.15) is 11.4 Å². The third-order valence-corrected chi connectivity index (χ3v) is 3.74. The highest BCUT2D eigenvalue weighted by molar-refractivity contribution is 6.00. The van der Waals surface area contributed by atoms with Gasteiger partial charge in [0, 0.05) is 13.1 Å². The zero-order valence-corrected chi connectivity index (χ0v) is 12.3. The quantitative estimate of drug-likeness (QED) is 0.752. The van der Waals surface area contributed by atoms with Gasteiger partial charge in [-0.25, -0.2) is 9.18 Å². The fourth-order valence-corrected chi connectivity index (χ4v) is 2.33. The number of anilines is 2. The molecule has 20 heavy (non-hydrogen) atoms. The van der Waals surface area contributed by atoms with Crippen LogP contribution in [0.4, 0.5) is 15.8 Å². The lowest BCUT2D eigenvalue weighted by Gasteiger charge is -2.29. The van der Waals surface area contributed by atoms with E-state index in [9.17, 15) is 14.3 Å². The molecule has 112 valence electrons. The molecular weight excluding hydrogens is 259 g/mol. The van der Waals surface area contributed by atoms with Gasteiger partial charge in [0.05, 0.1) is 11.4 Å². The maximum absolute atomic E-state index is 13.5. The van der Waals surface area contributed by atoms with E-state index in [-0.39, 0.29) is 11.3 Å². The molecule has 0 aliphatic carbocycles. The number of nitrogens with two attached hydrogens (primary N) is 1. The van der Waals surface area contributed by atoms with Gasteiger partial charge in [0.15, 0.2) is 0 Å². The van der Waals surface area contributed by atoms with Gasteiger partial charge in [-0.2, -0.15) is 0 Å². The lowest BCUT2D eigenvalue weighted by Crippen LogP contribution is -2.30. The molecular formula is C15H23FN2O2.